The van der Waals surface area contributed by atoms with Crippen LogP contribution in [0, 0.1) is 5.82 Å². The molecular formula is C18H12ClFN2O3S2. The van der Waals surface area contributed by atoms with E-state index in [2.05, 4.69) is 10.6 Å². The molecule has 0 saturated carbocycles. The topological polar surface area (TPSA) is 75.3 Å². The molecule has 0 aliphatic rings. The fourth-order valence-electron chi connectivity index (χ4n) is 2.13. The van der Waals surface area contributed by atoms with Crippen LogP contribution in [0.25, 0.3) is 0 Å². The summed E-state index contributed by atoms with van der Waals surface area (Å²) in [6, 6.07) is 10.6. The molecule has 5 nitrogen and oxygen atoms in total. The molecule has 0 fully saturated rings. The molecule has 138 valence electrons. The van der Waals surface area contributed by atoms with Crippen LogP contribution >= 0.6 is 34.3 Å². The predicted octanol–water partition coefficient (Wildman–Crippen LogP) is 4.09. The molecule has 2 N–H and O–H groups in total. The van der Waals surface area contributed by atoms with Gasteiger partial charge >= 0.3 is 11.8 Å². The molecule has 2 heterocycles. The van der Waals surface area contributed by atoms with Crippen LogP contribution in [0.4, 0.5) is 10.1 Å². The number of halogens is 2. The third-order valence-corrected chi connectivity index (χ3v) is 5.68. The van der Waals surface area contributed by atoms with Crippen LogP contribution in [0.15, 0.2) is 47.8 Å². The maximum Gasteiger partial charge on any atom is 0.313 e. The van der Waals surface area contributed by atoms with Crippen molar-refractivity contribution in [2.75, 3.05) is 5.32 Å². The van der Waals surface area contributed by atoms with E-state index in [4.69, 9.17) is 11.6 Å². The lowest BCUT2D eigenvalue weighted by Crippen LogP contribution is -2.34. The molecule has 0 radical (unpaired) electrons. The standard InChI is InChI=1S/C18H12ClFN2O3S2/c19-12-8-10(3-5-13(12)20)22-18(25)17(24)21-9-11-4-6-15(27-11)16(23)14-2-1-7-26-14/h1-8H,9H2,(H,21,24)(H,22,25). The van der Waals surface area contributed by atoms with Crippen LogP contribution in [0.5, 0.6) is 0 Å². The quantitative estimate of drug-likeness (QED) is 0.480. The van der Waals surface area contributed by atoms with Crippen LogP contribution in [-0.2, 0) is 16.1 Å². The zero-order valence-corrected chi connectivity index (χ0v) is 16.0. The molecule has 2 aromatic heterocycles. The number of thiophene rings is 2. The van der Waals surface area contributed by atoms with E-state index in [1.165, 1.54) is 34.8 Å². The zero-order chi connectivity index (χ0) is 19.4. The van der Waals surface area contributed by atoms with Gasteiger partial charge in [-0.05, 0) is 41.8 Å². The Bertz CT molecular complexity index is 1000. The van der Waals surface area contributed by atoms with Gasteiger partial charge in [-0.3, -0.25) is 14.4 Å². The second-order valence-corrected chi connectivity index (χ2v) is 7.86. The molecule has 0 unspecified atom stereocenters. The number of carbonyl (C=O) groups excluding carboxylic acids is 3. The fraction of sp³-hybridized carbons (Fsp3) is 0.0556. The highest BCUT2D eigenvalue weighted by molar-refractivity contribution is 7.16. The van der Waals surface area contributed by atoms with E-state index in [-0.39, 0.29) is 23.0 Å². The van der Waals surface area contributed by atoms with Gasteiger partial charge in [0.25, 0.3) is 0 Å². The molecule has 0 bridgehead atoms. The largest absolute Gasteiger partial charge is 0.343 e. The van der Waals surface area contributed by atoms with Gasteiger partial charge in [0.15, 0.2) is 0 Å². The highest BCUT2D eigenvalue weighted by atomic mass is 35.5. The van der Waals surface area contributed by atoms with E-state index in [0.717, 1.165) is 10.9 Å². The summed E-state index contributed by atoms with van der Waals surface area (Å²) in [7, 11) is 0. The van der Waals surface area contributed by atoms with Crippen LogP contribution < -0.4 is 10.6 Å². The van der Waals surface area contributed by atoms with Crippen molar-refractivity contribution in [1.29, 1.82) is 0 Å². The van der Waals surface area contributed by atoms with Crippen LogP contribution in [0.2, 0.25) is 5.02 Å². The Morgan fingerprint density at radius 1 is 1.04 bits per heavy atom. The molecule has 3 aromatic rings. The van der Waals surface area contributed by atoms with Gasteiger partial charge in [-0.1, -0.05) is 17.7 Å². The lowest BCUT2D eigenvalue weighted by Gasteiger charge is -2.06. The second-order valence-electron chi connectivity index (χ2n) is 5.34. The summed E-state index contributed by atoms with van der Waals surface area (Å²) in [6.07, 6.45) is 0. The Morgan fingerprint density at radius 2 is 1.85 bits per heavy atom. The number of nitrogens with one attached hydrogen (secondary N) is 2. The van der Waals surface area contributed by atoms with E-state index in [1.54, 1.807) is 24.3 Å². The fourth-order valence-corrected chi connectivity index (χ4v) is 3.96. The Labute approximate surface area is 166 Å². The van der Waals surface area contributed by atoms with Crippen molar-refractivity contribution in [2.45, 2.75) is 6.54 Å². The van der Waals surface area contributed by atoms with E-state index in [0.29, 0.717) is 9.75 Å². The van der Waals surface area contributed by atoms with Crippen LogP contribution in [0.3, 0.4) is 0 Å². The smallest absolute Gasteiger partial charge is 0.313 e. The molecular weight excluding hydrogens is 411 g/mol. The maximum absolute atomic E-state index is 13.1. The summed E-state index contributed by atoms with van der Waals surface area (Å²) in [6.45, 7) is 0.110. The first kappa shape index (κ1) is 19.2. The molecule has 1 aromatic carbocycles. The first-order valence-corrected chi connectivity index (χ1v) is 9.72. The van der Waals surface area contributed by atoms with Gasteiger partial charge in [0.1, 0.15) is 5.82 Å². The van der Waals surface area contributed by atoms with E-state index in [9.17, 15) is 18.8 Å². The number of amides is 2. The van der Waals surface area contributed by atoms with E-state index in [1.807, 2.05) is 5.38 Å². The van der Waals surface area contributed by atoms with Crippen molar-refractivity contribution in [3.63, 3.8) is 0 Å². The van der Waals surface area contributed by atoms with Crippen LogP contribution in [0.1, 0.15) is 19.4 Å². The van der Waals surface area contributed by atoms with Crippen molar-refractivity contribution >= 4 is 57.6 Å². The summed E-state index contributed by atoms with van der Waals surface area (Å²) >= 11 is 8.24. The lowest BCUT2D eigenvalue weighted by atomic mass is 10.3. The summed E-state index contributed by atoms with van der Waals surface area (Å²) in [5, 5.41) is 6.48. The lowest BCUT2D eigenvalue weighted by molar-refractivity contribution is -0.136. The Hall–Kier alpha value is -2.55. The third kappa shape index (κ3) is 4.79. The van der Waals surface area contributed by atoms with Gasteiger partial charge in [0.2, 0.25) is 5.78 Å². The summed E-state index contributed by atoms with van der Waals surface area (Å²) in [5.41, 5.74) is 0.210. The second kappa shape index (κ2) is 8.43. The zero-order valence-electron chi connectivity index (χ0n) is 13.6. The molecule has 3 rings (SSSR count). The van der Waals surface area contributed by atoms with E-state index < -0.39 is 17.6 Å². The van der Waals surface area contributed by atoms with Crippen molar-refractivity contribution in [2.24, 2.45) is 0 Å². The van der Waals surface area contributed by atoms with Crippen molar-refractivity contribution in [3.05, 3.63) is 73.3 Å². The normalized spacial score (nSPS) is 10.4. The molecule has 0 aliphatic heterocycles. The number of benzene rings is 1. The maximum atomic E-state index is 13.1. The molecule has 0 aliphatic carbocycles. The minimum absolute atomic E-state index is 0.0708. The summed E-state index contributed by atoms with van der Waals surface area (Å²) < 4.78 is 13.1. The number of anilines is 1. The van der Waals surface area contributed by atoms with Crippen molar-refractivity contribution in [3.8, 4) is 0 Å². The van der Waals surface area contributed by atoms with Gasteiger partial charge in [-0.25, -0.2) is 4.39 Å². The van der Waals surface area contributed by atoms with E-state index >= 15 is 0 Å². The average Bonchev–Trinajstić information content (AvgIpc) is 3.34. The minimum atomic E-state index is -0.899. The van der Waals surface area contributed by atoms with Gasteiger partial charge in [0, 0.05) is 10.6 Å². The summed E-state index contributed by atoms with van der Waals surface area (Å²) in [4.78, 5) is 38.0. The average molecular weight is 423 g/mol. The highest BCUT2D eigenvalue weighted by Crippen LogP contribution is 2.22. The predicted molar refractivity (Wildman–Crippen MR) is 104 cm³/mol. The molecule has 0 spiro atoms. The van der Waals surface area contributed by atoms with Crippen molar-refractivity contribution < 1.29 is 18.8 Å². The first-order valence-electron chi connectivity index (χ1n) is 7.65. The number of rotatable bonds is 5. The number of ketones is 1. The molecule has 2 amide bonds. The minimum Gasteiger partial charge on any atom is -0.343 e. The first-order chi connectivity index (χ1) is 12.9. The molecule has 27 heavy (non-hydrogen) atoms. The molecule has 0 atom stereocenters. The third-order valence-electron chi connectivity index (χ3n) is 3.44. The number of carbonyl (C=O) groups is 3. The Balaban J connectivity index is 1.55. The Kier molecular flexibility index (Phi) is 6.00. The Morgan fingerprint density at radius 3 is 2.56 bits per heavy atom. The van der Waals surface area contributed by atoms with Crippen LogP contribution in [-0.4, -0.2) is 17.6 Å². The van der Waals surface area contributed by atoms with Gasteiger partial charge in [-0.15, -0.1) is 22.7 Å². The molecule has 9 heteroatoms. The number of hydrogen-bond donors (Lipinski definition) is 2. The summed E-state index contributed by atoms with van der Waals surface area (Å²) in [5.74, 6) is -2.44. The highest BCUT2D eigenvalue weighted by Gasteiger charge is 2.16. The van der Waals surface area contributed by atoms with Gasteiger partial charge in [0.05, 0.1) is 21.3 Å². The van der Waals surface area contributed by atoms with Crippen molar-refractivity contribution in [1.82, 2.24) is 5.32 Å². The van der Waals surface area contributed by atoms with Gasteiger partial charge in [-0.2, -0.15) is 0 Å². The number of hydrogen-bond acceptors (Lipinski definition) is 5. The SMILES string of the molecule is O=C(NCc1ccc(C(=O)c2cccs2)s1)C(=O)Nc1ccc(F)c(Cl)c1. The molecule has 0 saturated heterocycles. The monoisotopic (exact) mass is 422 g/mol. The van der Waals surface area contributed by atoms with Gasteiger partial charge < -0.3 is 10.6 Å².